The van der Waals surface area contributed by atoms with Gasteiger partial charge in [0, 0.05) is 61.8 Å². The van der Waals surface area contributed by atoms with E-state index in [1.807, 2.05) is 12.1 Å². The Bertz CT molecular complexity index is 2360. The Morgan fingerprint density at radius 3 is 2.44 bits per heavy atom. The highest BCUT2D eigenvalue weighted by atomic mass is 35.5. The fraction of sp³-hybridized carbons (Fsp3) is 0.340. The summed E-state index contributed by atoms with van der Waals surface area (Å²) in [5.74, 6) is 0.181. The summed E-state index contributed by atoms with van der Waals surface area (Å²) in [5.41, 5.74) is 12.9. The van der Waals surface area contributed by atoms with E-state index in [9.17, 15) is 20.3 Å². The van der Waals surface area contributed by atoms with Crippen LogP contribution in [0.4, 0.5) is 0 Å². The number of aromatic nitrogens is 1. The zero-order valence-electron chi connectivity index (χ0n) is 32.4. The standard InChI is InChI=1S/C47H47ClN4O5/c1-29-36(28-57-46-20-45(56-27-32-17-31(21-49)22-50-23-32)37(19-43(46)48)24-51-15-14-38(53)26-51)5-3-7-40(29)41-8-4-6-39(30(41)2)33-9-11-42-34(18-33)10-12-44(42)52-16-13-35(25-52)47(54)55/h3-9,11,17-20,22-23,35,38,44,53H,10,12-16,24-28H2,1-2H3,(H,54,55)/t35-,38-,44?/m1/s1. The smallest absolute Gasteiger partial charge is 0.307 e. The lowest BCUT2D eigenvalue weighted by Gasteiger charge is -2.24. The average molecular weight is 783 g/mol. The van der Waals surface area contributed by atoms with Crippen molar-refractivity contribution >= 4 is 17.6 Å². The third-order valence-electron chi connectivity index (χ3n) is 12.0. The van der Waals surface area contributed by atoms with Crippen LogP contribution in [0.5, 0.6) is 11.5 Å². The van der Waals surface area contributed by atoms with E-state index in [1.54, 1.807) is 12.3 Å². The number of hydrogen-bond donors (Lipinski definition) is 2. The molecule has 1 aromatic heterocycles. The minimum absolute atomic E-state index is 0.221. The molecule has 0 bridgehead atoms. The highest BCUT2D eigenvalue weighted by molar-refractivity contribution is 6.32. The third kappa shape index (κ3) is 8.28. The van der Waals surface area contributed by atoms with Gasteiger partial charge < -0.3 is 19.7 Å². The predicted octanol–water partition coefficient (Wildman–Crippen LogP) is 8.68. The first-order valence-corrected chi connectivity index (χ1v) is 20.1. The van der Waals surface area contributed by atoms with Crippen LogP contribution in [0, 0.1) is 31.1 Å². The summed E-state index contributed by atoms with van der Waals surface area (Å²) in [6.07, 6.45) is 6.35. The lowest BCUT2D eigenvalue weighted by Crippen LogP contribution is -2.26. The number of pyridine rings is 1. The number of nitrogens with zero attached hydrogens (tertiary/aromatic N) is 4. The summed E-state index contributed by atoms with van der Waals surface area (Å²) in [4.78, 5) is 20.3. The van der Waals surface area contributed by atoms with Crippen molar-refractivity contribution < 1.29 is 24.5 Å². The Morgan fingerprint density at radius 1 is 0.877 bits per heavy atom. The zero-order valence-corrected chi connectivity index (χ0v) is 33.1. The topological polar surface area (TPSA) is 119 Å². The van der Waals surface area contributed by atoms with Crippen molar-refractivity contribution in [1.82, 2.24) is 14.8 Å². The molecule has 2 aliphatic heterocycles. The van der Waals surface area contributed by atoms with E-state index in [0.717, 1.165) is 66.6 Å². The number of β-amino-alcohol motifs (C(OH)–C–C–N with tert-alkyl or cyclic N) is 1. The Hall–Kier alpha value is -5.24. The highest BCUT2D eigenvalue weighted by Crippen LogP contribution is 2.42. The molecule has 0 radical (unpaired) electrons. The highest BCUT2D eigenvalue weighted by Gasteiger charge is 2.36. The number of benzene rings is 4. The first kappa shape index (κ1) is 38.6. The van der Waals surface area contributed by atoms with Crippen molar-refractivity contribution in [3.05, 3.63) is 135 Å². The van der Waals surface area contributed by atoms with Gasteiger partial charge in [-0.25, -0.2) is 0 Å². The first-order valence-electron chi connectivity index (χ1n) is 19.8. The van der Waals surface area contributed by atoms with E-state index in [0.29, 0.717) is 54.4 Å². The molecule has 5 aromatic rings. The van der Waals surface area contributed by atoms with E-state index >= 15 is 0 Å². The third-order valence-corrected chi connectivity index (χ3v) is 12.3. The SMILES string of the molecule is Cc1c(COc2cc(OCc3cncc(C#N)c3)c(CN3CC[C@@H](O)C3)cc2Cl)cccc1-c1cccc(-c2ccc3c(c2)CCC3N2CC[C@@H](C(=O)O)C2)c1C. The second kappa shape index (κ2) is 16.7. The zero-order chi connectivity index (χ0) is 39.6. The number of hydrogen-bond acceptors (Lipinski definition) is 8. The first-order chi connectivity index (χ1) is 27.6. The van der Waals surface area contributed by atoms with Crippen molar-refractivity contribution in [2.45, 2.75) is 71.4 Å². The average Bonchev–Trinajstić information content (AvgIpc) is 3.98. The number of fused-ring (bicyclic) bond motifs is 1. The fourth-order valence-electron chi connectivity index (χ4n) is 8.87. The molecular weight excluding hydrogens is 736 g/mol. The molecule has 0 spiro atoms. The number of rotatable bonds is 12. The molecule has 3 aliphatic rings. The van der Waals surface area contributed by atoms with Crippen LogP contribution in [-0.4, -0.2) is 63.2 Å². The molecule has 292 valence electrons. The molecule has 3 atom stereocenters. The van der Waals surface area contributed by atoms with Gasteiger partial charge in [0.05, 0.1) is 22.6 Å². The quantitative estimate of drug-likeness (QED) is 0.128. The monoisotopic (exact) mass is 782 g/mol. The van der Waals surface area contributed by atoms with E-state index in [4.69, 9.17) is 21.1 Å². The Morgan fingerprint density at radius 2 is 1.67 bits per heavy atom. The van der Waals surface area contributed by atoms with Gasteiger partial charge >= 0.3 is 5.97 Å². The van der Waals surface area contributed by atoms with Crippen LogP contribution in [0.2, 0.25) is 5.02 Å². The summed E-state index contributed by atoms with van der Waals surface area (Å²) in [5, 5.41) is 29.5. The van der Waals surface area contributed by atoms with Crippen molar-refractivity contribution in [3.8, 4) is 39.8 Å². The number of carboxylic acid groups (broad SMARTS) is 1. The minimum atomic E-state index is -0.685. The number of likely N-dealkylation sites (tertiary alicyclic amines) is 2. The molecule has 3 heterocycles. The number of aliphatic hydroxyl groups excluding tert-OH is 1. The van der Waals surface area contributed by atoms with Gasteiger partial charge in [0.2, 0.25) is 0 Å². The number of aliphatic hydroxyl groups is 1. The largest absolute Gasteiger partial charge is 0.488 e. The maximum absolute atomic E-state index is 11.6. The summed E-state index contributed by atoms with van der Waals surface area (Å²) in [6.45, 7) is 8.27. The Labute approximate surface area is 339 Å². The second-order valence-electron chi connectivity index (χ2n) is 15.7. The van der Waals surface area contributed by atoms with E-state index in [2.05, 4.69) is 89.3 Å². The molecule has 2 fully saturated rings. The molecule has 0 saturated carbocycles. The van der Waals surface area contributed by atoms with Gasteiger partial charge in [0.15, 0.2) is 0 Å². The number of aryl methyl sites for hydroxylation is 1. The van der Waals surface area contributed by atoms with E-state index < -0.39 is 5.97 Å². The van der Waals surface area contributed by atoms with Crippen LogP contribution < -0.4 is 9.47 Å². The number of halogens is 1. The van der Waals surface area contributed by atoms with Gasteiger partial charge in [-0.1, -0.05) is 66.2 Å². The van der Waals surface area contributed by atoms with Gasteiger partial charge in [0.25, 0.3) is 0 Å². The van der Waals surface area contributed by atoms with Crippen molar-refractivity contribution in [1.29, 1.82) is 5.26 Å². The molecule has 2 saturated heterocycles. The van der Waals surface area contributed by atoms with Crippen LogP contribution in [0.1, 0.15) is 69.8 Å². The molecule has 57 heavy (non-hydrogen) atoms. The maximum atomic E-state index is 11.6. The summed E-state index contributed by atoms with van der Waals surface area (Å²) < 4.78 is 12.8. The van der Waals surface area contributed by atoms with Crippen LogP contribution in [0.15, 0.2) is 85.2 Å². The molecule has 0 amide bonds. The molecule has 10 heteroatoms. The number of aliphatic carboxylic acids is 1. The number of carbonyl (C=O) groups is 1. The lowest BCUT2D eigenvalue weighted by molar-refractivity contribution is -0.141. The van der Waals surface area contributed by atoms with Gasteiger partial charge in [-0.05, 0) is 108 Å². The van der Waals surface area contributed by atoms with Crippen LogP contribution in [0.25, 0.3) is 22.3 Å². The predicted molar refractivity (Wildman–Crippen MR) is 220 cm³/mol. The van der Waals surface area contributed by atoms with Gasteiger partial charge in [-0.15, -0.1) is 0 Å². The molecular formula is C47H47ClN4O5. The fourth-order valence-corrected chi connectivity index (χ4v) is 9.11. The Balaban J connectivity index is 1.01. The number of ether oxygens (including phenoxy) is 2. The van der Waals surface area contributed by atoms with Crippen molar-refractivity contribution in [3.63, 3.8) is 0 Å². The van der Waals surface area contributed by atoms with E-state index in [1.165, 1.54) is 39.6 Å². The van der Waals surface area contributed by atoms with Crippen molar-refractivity contribution in [2.24, 2.45) is 5.92 Å². The minimum Gasteiger partial charge on any atom is -0.488 e. The summed E-state index contributed by atoms with van der Waals surface area (Å²) in [6, 6.07) is 27.6. The molecule has 4 aromatic carbocycles. The summed E-state index contributed by atoms with van der Waals surface area (Å²) in [7, 11) is 0. The molecule has 9 nitrogen and oxygen atoms in total. The van der Waals surface area contributed by atoms with Gasteiger partial charge in [-0.2, -0.15) is 5.26 Å². The van der Waals surface area contributed by atoms with Crippen molar-refractivity contribution in [2.75, 3.05) is 26.2 Å². The van der Waals surface area contributed by atoms with Gasteiger partial charge in [0.1, 0.15) is 30.8 Å². The van der Waals surface area contributed by atoms with E-state index in [-0.39, 0.29) is 18.6 Å². The lowest BCUT2D eigenvalue weighted by atomic mass is 9.89. The Kier molecular flexibility index (Phi) is 11.3. The summed E-state index contributed by atoms with van der Waals surface area (Å²) >= 11 is 6.88. The maximum Gasteiger partial charge on any atom is 0.307 e. The number of nitriles is 1. The molecule has 1 unspecified atom stereocenters. The van der Waals surface area contributed by atoms with Crippen LogP contribution in [-0.2, 0) is 31.0 Å². The molecule has 2 N–H and O–H groups in total. The van der Waals surface area contributed by atoms with Crippen LogP contribution >= 0.6 is 11.6 Å². The molecule has 8 rings (SSSR count). The van der Waals surface area contributed by atoms with Crippen LogP contribution in [0.3, 0.4) is 0 Å². The van der Waals surface area contributed by atoms with Gasteiger partial charge in [-0.3, -0.25) is 19.6 Å². The molecule has 1 aliphatic carbocycles. The number of carboxylic acids is 1. The second-order valence-corrected chi connectivity index (χ2v) is 16.1. The normalized spacial score (nSPS) is 19.4.